The quantitative estimate of drug-likeness (QED) is 0.337. The zero-order chi connectivity index (χ0) is 31.1. The standard InChI is InChI=1S/C31H39N7O5/c1-20-11-23(33-26(14-20)29(39)32-4)17-36-5-7-37(18-24-12-21(2)15-27(34-24)30(40)41)9-10-38(8-6-36)19-25-13-22(3)16-28(35-25)31(42)43/h11-16H,5-10,17-19H2,1-4H3,(H,32,39)(H,40,41)(H,42,43). The van der Waals surface area contributed by atoms with Gasteiger partial charge in [0, 0.05) is 66.0 Å². The number of carbonyl (C=O) groups is 3. The van der Waals surface area contributed by atoms with Crippen LogP contribution in [0.5, 0.6) is 0 Å². The number of rotatable bonds is 9. The molecular weight excluding hydrogens is 550 g/mol. The third-order valence-electron chi connectivity index (χ3n) is 7.32. The van der Waals surface area contributed by atoms with Gasteiger partial charge in [-0.1, -0.05) is 0 Å². The van der Waals surface area contributed by atoms with E-state index in [9.17, 15) is 24.6 Å². The number of aryl methyl sites for hydroxylation is 3. The minimum absolute atomic E-state index is 0.0275. The first kappa shape index (κ1) is 31.7. The summed E-state index contributed by atoms with van der Waals surface area (Å²) >= 11 is 0. The van der Waals surface area contributed by atoms with Gasteiger partial charge in [-0.25, -0.2) is 24.5 Å². The lowest BCUT2D eigenvalue weighted by atomic mass is 10.2. The first-order valence-electron chi connectivity index (χ1n) is 14.3. The maximum absolute atomic E-state index is 12.3. The Hall–Kier alpha value is -4.26. The third-order valence-corrected chi connectivity index (χ3v) is 7.32. The average molecular weight is 590 g/mol. The molecule has 12 heteroatoms. The molecular formula is C31H39N7O5. The van der Waals surface area contributed by atoms with Crippen molar-refractivity contribution in [2.45, 2.75) is 40.4 Å². The number of nitrogens with one attached hydrogen (secondary N) is 1. The topological polar surface area (TPSA) is 152 Å². The predicted molar refractivity (Wildman–Crippen MR) is 160 cm³/mol. The van der Waals surface area contributed by atoms with E-state index in [1.165, 1.54) is 0 Å². The van der Waals surface area contributed by atoms with Gasteiger partial charge in [0.25, 0.3) is 5.91 Å². The molecule has 4 heterocycles. The number of carbonyl (C=O) groups excluding carboxylic acids is 1. The van der Waals surface area contributed by atoms with Crippen LogP contribution in [0.4, 0.5) is 0 Å². The molecule has 3 N–H and O–H groups in total. The van der Waals surface area contributed by atoms with Crippen LogP contribution < -0.4 is 5.32 Å². The summed E-state index contributed by atoms with van der Waals surface area (Å²) in [5, 5.41) is 21.7. The molecule has 43 heavy (non-hydrogen) atoms. The number of aromatic carboxylic acids is 2. The minimum atomic E-state index is -1.06. The van der Waals surface area contributed by atoms with E-state index < -0.39 is 11.9 Å². The second-order valence-electron chi connectivity index (χ2n) is 11.1. The van der Waals surface area contributed by atoms with Gasteiger partial charge in [0.15, 0.2) is 0 Å². The molecule has 0 unspecified atom stereocenters. The molecule has 0 radical (unpaired) electrons. The van der Waals surface area contributed by atoms with Gasteiger partial charge in [-0.05, 0) is 73.9 Å². The summed E-state index contributed by atoms with van der Waals surface area (Å²) < 4.78 is 0. The van der Waals surface area contributed by atoms with Crippen molar-refractivity contribution in [3.05, 3.63) is 87.3 Å². The molecule has 1 saturated heterocycles. The van der Waals surface area contributed by atoms with Crippen molar-refractivity contribution in [2.75, 3.05) is 46.3 Å². The highest BCUT2D eigenvalue weighted by Crippen LogP contribution is 2.14. The summed E-state index contributed by atoms with van der Waals surface area (Å²) in [5.74, 6) is -2.34. The van der Waals surface area contributed by atoms with Crippen LogP contribution in [0.1, 0.15) is 65.2 Å². The minimum Gasteiger partial charge on any atom is -0.477 e. The van der Waals surface area contributed by atoms with E-state index in [2.05, 4.69) is 35.0 Å². The monoisotopic (exact) mass is 589 g/mol. The number of carboxylic acids is 2. The summed E-state index contributed by atoms with van der Waals surface area (Å²) in [6.07, 6.45) is 0. The van der Waals surface area contributed by atoms with Gasteiger partial charge >= 0.3 is 11.9 Å². The Morgan fingerprint density at radius 2 is 0.907 bits per heavy atom. The number of aromatic nitrogens is 3. The number of hydrogen-bond acceptors (Lipinski definition) is 9. The summed E-state index contributed by atoms with van der Waals surface area (Å²) in [5.41, 5.74) is 5.25. The van der Waals surface area contributed by atoms with E-state index >= 15 is 0 Å². The molecule has 12 nitrogen and oxygen atoms in total. The fourth-order valence-electron chi connectivity index (χ4n) is 5.27. The van der Waals surface area contributed by atoms with Crippen LogP contribution in [0, 0.1) is 20.8 Å². The summed E-state index contributed by atoms with van der Waals surface area (Å²) in [7, 11) is 1.59. The van der Waals surface area contributed by atoms with Crippen molar-refractivity contribution in [1.82, 2.24) is 35.0 Å². The molecule has 0 spiro atoms. The zero-order valence-electron chi connectivity index (χ0n) is 25.1. The summed E-state index contributed by atoms with van der Waals surface area (Å²) in [6.45, 7) is 11.5. The molecule has 4 rings (SSSR count). The molecule has 0 atom stereocenters. The molecule has 0 aliphatic carbocycles. The fraction of sp³-hybridized carbons (Fsp3) is 0.419. The predicted octanol–water partition coefficient (Wildman–Crippen LogP) is 2.37. The van der Waals surface area contributed by atoms with Gasteiger partial charge in [-0.3, -0.25) is 19.5 Å². The number of carboxylic acid groups (broad SMARTS) is 2. The van der Waals surface area contributed by atoms with Crippen LogP contribution in [0.3, 0.4) is 0 Å². The second-order valence-corrected chi connectivity index (χ2v) is 11.1. The highest BCUT2D eigenvalue weighted by molar-refractivity contribution is 5.92. The lowest BCUT2D eigenvalue weighted by molar-refractivity contribution is 0.0679. The van der Waals surface area contributed by atoms with Crippen LogP contribution in [-0.4, -0.2) is 104 Å². The van der Waals surface area contributed by atoms with Gasteiger partial charge < -0.3 is 15.5 Å². The molecule has 3 aromatic heterocycles. The number of hydrogen-bond donors (Lipinski definition) is 3. The fourth-order valence-corrected chi connectivity index (χ4v) is 5.27. The van der Waals surface area contributed by atoms with E-state index in [4.69, 9.17) is 0 Å². The maximum Gasteiger partial charge on any atom is 0.354 e. The lowest BCUT2D eigenvalue weighted by Gasteiger charge is -2.25. The van der Waals surface area contributed by atoms with E-state index in [0.29, 0.717) is 62.9 Å². The number of pyridine rings is 3. The first-order chi connectivity index (χ1) is 20.5. The second kappa shape index (κ2) is 14.3. The van der Waals surface area contributed by atoms with Crippen molar-refractivity contribution in [1.29, 1.82) is 0 Å². The molecule has 0 bridgehead atoms. The molecule has 0 aromatic carbocycles. The normalized spacial score (nSPS) is 15.3. The Bertz CT molecular complexity index is 1420. The van der Waals surface area contributed by atoms with Crippen LogP contribution in [0.25, 0.3) is 0 Å². The van der Waals surface area contributed by atoms with Gasteiger partial charge in [-0.15, -0.1) is 0 Å². The Morgan fingerprint density at radius 1 is 0.605 bits per heavy atom. The smallest absolute Gasteiger partial charge is 0.354 e. The van der Waals surface area contributed by atoms with Gasteiger partial charge in [0.05, 0.1) is 17.1 Å². The average Bonchev–Trinajstić information content (AvgIpc) is 3.03. The van der Waals surface area contributed by atoms with Crippen LogP contribution in [-0.2, 0) is 19.6 Å². The molecule has 1 aliphatic heterocycles. The SMILES string of the molecule is CNC(=O)c1cc(C)cc(CN2CCN(Cc3cc(C)cc(C(=O)O)n3)CCN(Cc3cc(C)cc(C(=O)O)n3)CC2)n1. The van der Waals surface area contributed by atoms with E-state index in [1.807, 2.05) is 39.0 Å². The Kier molecular flexibility index (Phi) is 10.5. The largest absolute Gasteiger partial charge is 0.477 e. The molecule has 3 aromatic rings. The summed E-state index contributed by atoms with van der Waals surface area (Å²) in [6, 6.07) is 10.7. The highest BCUT2D eigenvalue weighted by atomic mass is 16.4. The van der Waals surface area contributed by atoms with E-state index in [0.717, 1.165) is 35.5 Å². The highest BCUT2D eigenvalue weighted by Gasteiger charge is 2.20. The van der Waals surface area contributed by atoms with E-state index in [-0.39, 0.29) is 17.3 Å². The third kappa shape index (κ3) is 9.11. The van der Waals surface area contributed by atoms with Crippen molar-refractivity contribution in [3.8, 4) is 0 Å². The van der Waals surface area contributed by atoms with Crippen molar-refractivity contribution in [3.63, 3.8) is 0 Å². The molecule has 0 saturated carbocycles. The zero-order valence-corrected chi connectivity index (χ0v) is 25.1. The van der Waals surface area contributed by atoms with Crippen molar-refractivity contribution in [2.24, 2.45) is 0 Å². The van der Waals surface area contributed by atoms with Gasteiger partial charge in [-0.2, -0.15) is 0 Å². The molecule has 1 fully saturated rings. The number of nitrogens with zero attached hydrogens (tertiary/aromatic N) is 6. The Balaban J connectivity index is 1.58. The first-order valence-corrected chi connectivity index (χ1v) is 14.3. The Labute approximate surface area is 251 Å². The van der Waals surface area contributed by atoms with Crippen molar-refractivity contribution >= 4 is 17.8 Å². The van der Waals surface area contributed by atoms with Gasteiger partial charge in [0.1, 0.15) is 17.1 Å². The number of amides is 1. The van der Waals surface area contributed by atoms with E-state index in [1.54, 1.807) is 25.2 Å². The van der Waals surface area contributed by atoms with Crippen LogP contribution >= 0.6 is 0 Å². The van der Waals surface area contributed by atoms with Crippen LogP contribution in [0.15, 0.2) is 36.4 Å². The maximum atomic E-state index is 12.3. The summed E-state index contributed by atoms with van der Waals surface area (Å²) in [4.78, 5) is 55.7. The lowest BCUT2D eigenvalue weighted by Crippen LogP contribution is -2.36. The molecule has 228 valence electrons. The molecule has 1 amide bonds. The van der Waals surface area contributed by atoms with Crippen molar-refractivity contribution < 1.29 is 24.6 Å². The Morgan fingerprint density at radius 3 is 1.21 bits per heavy atom. The van der Waals surface area contributed by atoms with Crippen LogP contribution in [0.2, 0.25) is 0 Å². The van der Waals surface area contributed by atoms with Gasteiger partial charge in [0.2, 0.25) is 0 Å². The molecule has 1 aliphatic rings.